The van der Waals surface area contributed by atoms with E-state index in [4.69, 9.17) is 0 Å². The van der Waals surface area contributed by atoms with E-state index < -0.39 is 0 Å². The second-order valence-corrected chi connectivity index (χ2v) is 5.78. The molecule has 2 aromatic rings. The molecular formula is C19H23N3O. The van der Waals surface area contributed by atoms with Crippen molar-refractivity contribution < 1.29 is 4.79 Å². The van der Waals surface area contributed by atoms with Gasteiger partial charge in [0.1, 0.15) is 0 Å². The van der Waals surface area contributed by atoms with Gasteiger partial charge in [-0.2, -0.15) is 0 Å². The molecule has 4 heteroatoms. The van der Waals surface area contributed by atoms with Crippen molar-refractivity contribution in [1.82, 2.24) is 10.2 Å². The molecule has 1 aliphatic heterocycles. The van der Waals surface area contributed by atoms with Crippen LogP contribution in [0, 0.1) is 0 Å². The molecule has 0 spiro atoms. The van der Waals surface area contributed by atoms with Crippen LogP contribution in [0.1, 0.15) is 5.56 Å². The molecule has 0 saturated carbocycles. The second kappa shape index (κ2) is 7.68. The lowest BCUT2D eigenvalue weighted by Gasteiger charge is -2.36. The van der Waals surface area contributed by atoms with Crippen LogP contribution in [-0.4, -0.2) is 43.7 Å². The summed E-state index contributed by atoms with van der Waals surface area (Å²) in [6.45, 7) is 3.99. The summed E-state index contributed by atoms with van der Waals surface area (Å²) < 4.78 is 0. The molecule has 2 aromatic carbocycles. The molecule has 0 bridgehead atoms. The van der Waals surface area contributed by atoms with Crippen molar-refractivity contribution in [3.8, 4) is 0 Å². The van der Waals surface area contributed by atoms with Gasteiger partial charge in [-0.25, -0.2) is 4.79 Å². The highest BCUT2D eigenvalue weighted by atomic mass is 16.2. The number of carbonyl (C=O) groups is 1. The molecule has 1 heterocycles. The van der Waals surface area contributed by atoms with Crippen molar-refractivity contribution in [2.45, 2.75) is 6.42 Å². The standard InChI is InChI=1S/C19H23N3O/c23-19(20-12-11-17-7-3-1-4-8-17)22-15-13-21(14-16-22)18-9-5-2-6-10-18/h1-10H,11-16H2,(H,20,23). The van der Waals surface area contributed by atoms with Crippen molar-refractivity contribution in [3.05, 3.63) is 66.2 Å². The average molecular weight is 309 g/mol. The van der Waals surface area contributed by atoms with E-state index in [9.17, 15) is 4.79 Å². The summed E-state index contributed by atoms with van der Waals surface area (Å²) in [5, 5.41) is 3.02. The van der Waals surface area contributed by atoms with E-state index in [1.807, 2.05) is 29.2 Å². The van der Waals surface area contributed by atoms with Gasteiger partial charge in [0.05, 0.1) is 0 Å². The molecule has 1 saturated heterocycles. The first kappa shape index (κ1) is 15.4. The monoisotopic (exact) mass is 309 g/mol. The number of hydrogen-bond acceptors (Lipinski definition) is 2. The van der Waals surface area contributed by atoms with E-state index in [0.717, 1.165) is 32.6 Å². The highest BCUT2D eigenvalue weighted by Crippen LogP contribution is 2.15. The maximum Gasteiger partial charge on any atom is 0.317 e. The largest absolute Gasteiger partial charge is 0.368 e. The fourth-order valence-electron chi connectivity index (χ4n) is 2.88. The molecule has 120 valence electrons. The topological polar surface area (TPSA) is 35.6 Å². The maximum absolute atomic E-state index is 12.2. The van der Waals surface area contributed by atoms with Gasteiger partial charge < -0.3 is 15.1 Å². The second-order valence-electron chi connectivity index (χ2n) is 5.78. The lowest BCUT2D eigenvalue weighted by molar-refractivity contribution is 0.194. The van der Waals surface area contributed by atoms with E-state index in [-0.39, 0.29) is 6.03 Å². The molecule has 3 rings (SSSR count). The lowest BCUT2D eigenvalue weighted by atomic mass is 10.1. The Morgan fingerprint density at radius 1 is 0.870 bits per heavy atom. The summed E-state index contributed by atoms with van der Waals surface area (Å²) in [5.74, 6) is 0. The van der Waals surface area contributed by atoms with Crippen LogP contribution < -0.4 is 10.2 Å². The van der Waals surface area contributed by atoms with Gasteiger partial charge in [0.2, 0.25) is 0 Å². The van der Waals surface area contributed by atoms with Crippen LogP contribution in [0.4, 0.5) is 10.5 Å². The number of amides is 2. The first-order chi connectivity index (χ1) is 11.3. The van der Waals surface area contributed by atoms with Gasteiger partial charge in [0.15, 0.2) is 0 Å². The highest BCUT2D eigenvalue weighted by Gasteiger charge is 2.20. The molecule has 0 radical (unpaired) electrons. The molecule has 1 N–H and O–H groups in total. The number of benzene rings is 2. The number of carbonyl (C=O) groups excluding carboxylic acids is 1. The van der Waals surface area contributed by atoms with E-state index in [1.54, 1.807) is 0 Å². The number of hydrogen-bond donors (Lipinski definition) is 1. The van der Waals surface area contributed by atoms with Crippen molar-refractivity contribution >= 4 is 11.7 Å². The molecule has 0 unspecified atom stereocenters. The third-order valence-electron chi connectivity index (χ3n) is 4.22. The van der Waals surface area contributed by atoms with Crippen molar-refractivity contribution in [1.29, 1.82) is 0 Å². The van der Waals surface area contributed by atoms with Crippen LogP contribution in [0.5, 0.6) is 0 Å². The third-order valence-corrected chi connectivity index (χ3v) is 4.22. The van der Waals surface area contributed by atoms with E-state index >= 15 is 0 Å². The summed E-state index contributed by atoms with van der Waals surface area (Å²) in [7, 11) is 0. The Kier molecular flexibility index (Phi) is 5.14. The molecule has 4 nitrogen and oxygen atoms in total. The van der Waals surface area contributed by atoms with Gasteiger partial charge in [0.25, 0.3) is 0 Å². The third kappa shape index (κ3) is 4.25. The van der Waals surface area contributed by atoms with E-state index in [2.05, 4.69) is 46.6 Å². The average Bonchev–Trinajstić information content (AvgIpc) is 2.63. The van der Waals surface area contributed by atoms with Crippen LogP contribution in [0.15, 0.2) is 60.7 Å². The predicted octanol–water partition coefficient (Wildman–Crippen LogP) is 2.76. The molecule has 1 fully saturated rings. The Hall–Kier alpha value is -2.49. The Bertz CT molecular complexity index is 607. The normalized spacial score (nSPS) is 14.6. The lowest BCUT2D eigenvalue weighted by Crippen LogP contribution is -2.52. The Labute approximate surface area is 137 Å². The van der Waals surface area contributed by atoms with Gasteiger partial charge in [-0.3, -0.25) is 0 Å². The molecule has 0 aliphatic carbocycles. The zero-order chi connectivity index (χ0) is 15.9. The zero-order valence-corrected chi connectivity index (χ0v) is 13.3. The van der Waals surface area contributed by atoms with Crippen LogP contribution in [0.3, 0.4) is 0 Å². The number of para-hydroxylation sites is 1. The smallest absolute Gasteiger partial charge is 0.317 e. The maximum atomic E-state index is 12.2. The van der Waals surface area contributed by atoms with Gasteiger partial charge >= 0.3 is 6.03 Å². The van der Waals surface area contributed by atoms with Gasteiger partial charge in [-0.05, 0) is 24.1 Å². The minimum absolute atomic E-state index is 0.0497. The molecular weight excluding hydrogens is 286 g/mol. The summed E-state index contributed by atoms with van der Waals surface area (Å²) in [4.78, 5) is 16.5. The summed E-state index contributed by atoms with van der Waals surface area (Å²) >= 11 is 0. The number of nitrogens with one attached hydrogen (secondary N) is 1. The summed E-state index contributed by atoms with van der Waals surface area (Å²) in [6, 6.07) is 20.7. The first-order valence-corrected chi connectivity index (χ1v) is 8.19. The Morgan fingerprint density at radius 2 is 1.48 bits per heavy atom. The van der Waals surface area contributed by atoms with E-state index in [1.165, 1.54) is 11.3 Å². The summed E-state index contributed by atoms with van der Waals surface area (Å²) in [6.07, 6.45) is 0.872. The molecule has 1 aliphatic rings. The van der Waals surface area contributed by atoms with Crippen LogP contribution in [-0.2, 0) is 6.42 Å². The molecule has 0 atom stereocenters. The van der Waals surface area contributed by atoms with Gasteiger partial charge in [0, 0.05) is 38.4 Å². The van der Waals surface area contributed by atoms with Crippen LogP contribution in [0.25, 0.3) is 0 Å². The quantitative estimate of drug-likeness (QED) is 0.942. The van der Waals surface area contributed by atoms with Gasteiger partial charge in [-0.15, -0.1) is 0 Å². The number of anilines is 1. The minimum Gasteiger partial charge on any atom is -0.368 e. The fourth-order valence-corrected chi connectivity index (χ4v) is 2.88. The first-order valence-electron chi connectivity index (χ1n) is 8.19. The zero-order valence-electron chi connectivity index (χ0n) is 13.3. The van der Waals surface area contributed by atoms with Crippen molar-refractivity contribution in [2.75, 3.05) is 37.6 Å². The molecule has 23 heavy (non-hydrogen) atoms. The van der Waals surface area contributed by atoms with E-state index in [0.29, 0.717) is 6.54 Å². The number of rotatable bonds is 4. The van der Waals surface area contributed by atoms with Crippen molar-refractivity contribution in [3.63, 3.8) is 0 Å². The van der Waals surface area contributed by atoms with Gasteiger partial charge in [-0.1, -0.05) is 48.5 Å². The number of urea groups is 1. The highest BCUT2D eigenvalue weighted by molar-refractivity contribution is 5.74. The summed E-state index contributed by atoms with van der Waals surface area (Å²) in [5.41, 5.74) is 2.48. The fraction of sp³-hybridized carbons (Fsp3) is 0.316. The van der Waals surface area contributed by atoms with Crippen LogP contribution in [0.2, 0.25) is 0 Å². The Balaban J connectivity index is 1.41. The number of piperazine rings is 1. The predicted molar refractivity (Wildman–Crippen MR) is 93.8 cm³/mol. The van der Waals surface area contributed by atoms with Crippen molar-refractivity contribution in [2.24, 2.45) is 0 Å². The minimum atomic E-state index is 0.0497. The Morgan fingerprint density at radius 3 is 2.13 bits per heavy atom. The SMILES string of the molecule is O=C(NCCc1ccccc1)N1CCN(c2ccccc2)CC1. The number of nitrogens with zero attached hydrogens (tertiary/aromatic N) is 2. The molecule has 0 aromatic heterocycles. The van der Waals surface area contributed by atoms with Crippen LogP contribution >= 0.6 is 0 Å². The molecule has 2 amide bonds.